The number of thiazole rings is 2. The topological polar surface area (TPSA) is 152 Å². The zero-order valence-corrected chi connectivity index (χ0v) is 30.7. The minimum absolute atomic E-state index is 0.0592. The molecule has 13 heteroatoms. The van der Waals surface area contributed by atoms with Gasteiger partial charge >= 0.3 is 12.1 Å². The van der Waals surface area contributed by atoms with Gasteiger partial charge in [-0.05, 0) is 49.8 Å². The number of hydrogen-bond donors (Lipinski definition) is 4. The largest absolute Gasteiger partial charge is 0.444 e. The molecule has 5 N–H and O–H groups in total. The molecule has 0 aliphatic rings. The molecule has 3 atom stereocenters. The number of benzene rings is 2. The average Bonchev–Trinajstić information content (AvgIpc) is 3.82. The van der Waals surface area contributed by atoms with Crippen molar-refractivity contribution in [2.24, 2.45) is 5.73 Å². The second-order valence-corrected chi connectivity index (χ2v) is 14.5. The summed E-state index contributed by atoms with van der Waals surface area (Å²) in [7, 11) is 1.69. The SMILES string of the molecule is CC(C)c1nc(CN(C)C(=O)N[C@@H](CCN)C(=O)CN[C@H](CC[C@H](Cc2ccccc2)NC(=O)OCc2cncs2)Cc2ccccc2)cs1. The highest BCUT2D eigenvalue weighted by Gasteiger charge is 2.24. The van der Waals surface area contributed by atoms with Gasteiger partial charge in [-0.3, -0.25) is 9.78 Å². The van der Waals surface area contributed by atoms with Gasteiger partial charge in [-0.2, -0.15) is 0 Å². The predicted molar refractivity (Wildman–Crippen MR) is 199 cm³/mol. The van der Waals surface area contributed by atoms with Crippen molar-refractivity contribution >= 4 is 40.6 Å². The van der Waals surface area contributed by atoms with E-state index in [1.54, 1.807) is 30.1 Å². The van der Waals surface area contributed by atoms with Crippen LogP contribution in [0.25, 0.3) is 0 Å². The number of urea groups is 1. The summed E-state index contributed by atoms with van der Waals surface area (Å²) in [4.78, 5) is 50.5. The number of aromatic nitrogens is 2. The molecule has 0 bridgehead atoms. The highest BCUT2D eigenvalue weighted by Crippen LogP contribution is 2.20. The zero-order valence-electron chi connectivity index (χ0n) is 29.0. The van der Waals surface area contributed by atoms with Crippen LogP contribution in [0.2, 0.25) is 0 Å². The molecule has 0 spiro atoms. The Labute approximate surface area is 303 Å². The lowest BCUT2D eigenvalue weighted by Gasteiger charge is -2.25. The second kappa shape index (κ2) is 20.5. The minimum atomic E-state index is -0.734. The molecular weight excluding hydrogens is 671 g/mol. The third kappa shape index (κ3) is 13.3. The average molecular weight is 720 g/mol. The van der Waals surface area contributed by atoms with E-state index in [0.717, 1.165) is 26.7 Å². The molecule has 11 nitrogen and oxygen atoms in total. The number of alkyl carbamates (subject to hydrolysis) is 1. The maximum atomic E-state index is 13.5. The molecular formula is C37H49N7O4S2. The summed E-state index contributed by atoms with van der Waals surface area (Å²) in [5.41, 5.74) is 10.6. The maximum Gasteiger partial charge on any atom is 0.407 e. The summed E-state index contributed by atoms with van der Waals surface area (Å²) in [5, 5.41) is 12.4. The molecule has 0 aliphatic carbocycles. The first-order chi connectivity index (χ1) is 24.2. The highest BCUT2D eigenvalue weighted by atomic mass is 32.1. The van der Waals surface area contributed by atoms with Crippen LogP contribution in [-0.4, -0.2) is 71.0 Å². The van der Waals surface area contributed by atoms with Crippen molar-refractivity contribution in [1.82, 2.24) is 30.8 Å². The van der Waals surface area contributed by atoms with Crippen molar-refractivity contribution in [3.8, 4) is 0 Å². The fourth-order valence-corrected chi connectivity index (χ4v) is 6.77. The summed E-state index contributed by atoms with van der Waals surface area (Å²) in [6, 6.07) is 18.7. The number of ketones is 1. The van der Waals surface area contributed by atoms with E-state index in [1.165, 1.54) is 16.2 Å². The molecule has 0 aliphatic heterocycles. The lowest BCUT2D eigenvalue weighted by atomic mass is 9.95. The van der Waals surface area contributed by atoms with Crippen molar-refractivity contribution in [3.63, 3.8) is 0 Å². The Bertz CT molecular complexity index is 1590. The molecule has 2 heterocycles. The number of nitrogens with one attached hydrogen (secondary N) is 3. The fraction of sp³-hybridized carbons (Fsp3) is 0.432. The molecule has 0 fully saturated rings. The summed E-state index contributed by atoms with van der Waals surface area (Å²) in [6.07, 6.45) is 4.17. The van der Waals surface area contributed by atoms with E-state index in [9.17, 15) is 14.4 Å². The van der Waals surface area contributed by atoms with Crippen molar-refractivity contribution in [3.05, 3.63) is 104 Å². The smallest absolute Gasteiger partial charge is 0.407 e. The zero-order chi connectivity index (χ0) is 35.7. The Morgan fingerprint density at radius 1 is 0.900 bits per heavy atom. The third-order valence-electron chi connectivity index (χ3n) is 8.18. The van der Waals surface area contributed by atoms with Crippen LogP contribution in [0.1, 0.15) is 65.7 Å². The van der Waals surface area contributed by atoms with Gasteiger partial charge in [0.15, 0.2) is 5.78 Å². The Balaban J connectivity index is 1.38. The van der Waals surface area contributed by atoms with Crippen molar-refractivity contribution < 1.29 is 19.1 Å². The molecule has 2 aromatic carbocycles. The second-order valence-electron chi connectivity index (χ2n) is 12.7. The first-order valence-electron chi connectivity index (χ1n) is 17.0. The summed E-state index contributed by atoms with van der Waals surface area (Å²) >= 11 is 3.01. The third-order valence-corrected chi connectivity index (χ3v) is 10.1. The van der Waals surface area contributed by atoms with E-state index in [0.29, 0.717) is 44.6 Å². The fourth-order valence-electron chi connectivity index (χ4n) is 5.44. The predicted octanol–water partition coefficient (Wildman–Crippen LogP) is 5.67. The van der Waals surface area contributed by atoms with Crippen molar-refractivity contribution in [2.45, 2.75) is 83.1 Å². The molecule has 0 saturated carbocycles. The number of nitrogens with zero attached hydrogens (tertiary/aromatic N) is 3. The van der Waals surface area contributed by atoms with Crippen LogP contribution in [0.4, 0.5) is 9.59 Å². The van der Waals surface area contributed by atoms with Crippen LogP contribution in [0.15, 0.2) is 77.8 Å². The van der Waals surface area contributed by atoms with Crippen molar-refractivity contribution in [2.75, 3.05) is 20.1 Å². The van der Waals surface area contributed by atoms with E-state index in [-0.39, 0.29) is 43.6 Å². The highest BCUT2D eigenvalue weighted by molar-refractivity contribution is 7.09. The number of hydrogen-bond acceptors (Lipinski definition) is 10. The summed E-state index contributed by atoms with van der Waals surface area (Å²) < 4.78 is 5.49. The van der Waals surface area contributed by atoms with Gasteiger partial charge in [0, 0.05) is 36.6 Å². The minimum Gasteiger partial charge on any atom is -0.444 e. The number of nitrogens with two attached hydrogens (primary N) is 1. The molecule has 0 unspecified atom stereocenters. The number of Topliss-reactive ketones (excluding diaryl/α,β-unsaturated/α-hetero) is 1. The van der Waals surface area contributed by atoms with Gasteiger partial charge in [-0.25, -0.2) is 14.6 Å². The van der Waals surface area contributed by atoms with Crippen LogP contribution < -0.4 is 21.7 Å². The molecule has 2 aromatic heterocycles. The van der Waals surface area contributed by atoms with Gasteiger partial charge in [0.25, 0.3) is 0 Å². The van der Waals surface area contributed by atoms with Crippen LogP contribution >= 0.6 is 22.7 Å². The first kappa shape index (κ1) is 38.6. The van der Waals surface area contributed by atoms with Gasteiger partial charge in [0.2, 0.25) is 0 Å². The molecule has 50 heavy (non-hydrogen) atoms. The van der Waals surface area contributed by atoms with E-state index < -0.39 is 12.1 Å². The number of ether oxygens (including phenoxy) is 1. The summed E-state index contributed by atoms with van der Waals surface area (Å²) in [6.45, 7) is 4.99. The van der Waals surface area contributed by atoms with Crippen LogP contribution in [-0.2, 0) is 35.5 Å². The molecule has 4 aromatic rings. The van der Waals surface area contributed by atoms with Gasteiger partial charge in [-0.1, -0.05) is 74.5 Å². The van der Waals surface area contributed by atoms with Crippen molar-refractivity contribution in [1.29, 1.82) is 0 Å². The van der Waals surface area contributed by atoms with E-state index in [2.05, 4.69) is 51.9 Å². The monoisotopic (exact) mass is 719 g/mol. The molecule has 0 radical (unpaired) electrons. The lowest BCUT2D eigenvalue weighted by Crippen LogP contribution is -2.50. The Morgan fingerprint density at radius 2 is 1.56 bits per heavy atom. The first-order valence-corrected chi connectivity index (χ1v) is 18.8. The lowest BCUT2D eigenvalue weighted by molar-refractivity contribution is -0.120. The van der Waals surface area contributed by atoms with Gasteiger partial charge in [0.1, 0.15) is 6.61 Å². The van der Waals surface area contributed by atoms with Crippen LogP contribution in [0, 0.1) is 0 Å². The van der Waals surface area contributed by atoms with Crippen LogP contribution in [0.5, 0.6) is 0 Å². The maximum absolute atomic E-state index is 13.5. The quantitative estimate of drug-likeness (QED) is 0.0913. The van der Waals surface area contributed by atoms with E-state index >= 15 is 0 Å². The number of amides is 3. The Morgan fingerprint density at radius 3 is 2.16 bits per heavy atom. The van der Waals surface area contributed by atoms with E-state index in [4.69, 9.17) is 10.5 Å². The number of carbonyl (C=O) groups excluding carboxylic acids is 3. The number of rotatable bonds is 20. The van der Waals surface area contributed by atoms with Gasteiger partial charge < -0.3 is 31.3 Å². The van der Waals surface area contributed by atoms with E-state index in [1.807, 2.05) is 53.9 Å². The molecule has 0 saturated heterocycles. The Hall–Kier alpha value is -4.17. The van der Waals surface area contributed by atoms with Crippen LogP contribution in [0.3, 0.4) is 0 Å². The number of carbonyl (C=O) groups is 3. The molecule has 3 amide bonds. The molecule has 268 valence electrons. The molecule has 4 rings (SSSR count). The van der Waals surface area contributed by atoms with Gasteiger partial charge in [0.05, 0.1) is 40.2 Å². The Kier molecular flexibility index (Phi) is 15.8. The van der Waals surface area contributed by atoms with Gasteiger partial charge in [-0.15, -0.1) is 22.7 Å². The normalized spacial score (nSPS) is 13.0. The summed E-state index contributed by atoms with van der Waals surface area (Å²) in [5.74, 6) is 0.177. The standard InChI is InChI=1S/C37H49N7O4S2/c1-26(2)35-41-31(24-49-35)22-44(3)36(46)43-33(16-17-38)34(45)21-40-29(18-27-10-6-4-7-11-27)14-15-30(19-28-12-8-5-9-13-28)42-37(47)48-23-32-20-39-25-50-32/h4-13,20,24-26,29-30,33,40H,14-19,21-23,38H2,1-3H3,(H,42,47)(H,43,46)/t29-,30-,33+/m1/s1.